The third kappa shape index (κ3) is 4.00. The molecule has 1 atom stereocenters. The quantitative estimate of drug-likeness (QED) is 0.741. The number of rotatable bonds is 5. The van der Waals surface area contributed by atoms with Gasteiger partial charge in [-0.15, -0.1) is 0 Å². The van der Waals surface area contributed by atoms with Gasteiger partial charge < -0.3 is 15.1 Å². The summed E-state index contributed by atoms with van der Waals surface area (Å²) in [6, 6.07) is -0.244. The maximum atomic E-state index is 12.0. The Balaban J connectivity index is 2.42. The highest BCUT2D eigenvalue weighted by atomic mass is 16.2. The Kier molecular flexibility index (Phi) is 5.41. The molecular formula is C12H23N3O2. The molecule has 1 aliphatic rings. The minimum atomic E-state index is -0.244. The average Bonchev–Trinajstić information content (AvgIpc) is 2.76. The van der Waals surface area contributed by atoms with Crippen molar-refractivity contribution in [3.8, 4) is 0 Å². The van der Waals surface area contributed by atoms with Gasteiger partial charge in [0.05, 0.1) is 0 Å². The molecule has 1 heterocycles. The van der Waals surface area contributed by atoms with Gasteiger partial charge in [0.25, 0.3) is 0 Å². The minimum Gasteiger partial charge on any atom is -0.357 e. The fraction of sp³-hybridized carbons (Fsp3) is 0.833. The molecule has 0 spiro atoms. The molecule has 0 bridgehead atoms. The van der Waals surface area contributed by atoms with E-state index in [1.807, 2.05) is 14.1 Å². The number of nitrogens with one attached hydrogen (secondary N) is 1. The van der Waals surface area contributed by atoms with Gasteiger partial charge in [-0.1, -0.05) is 0 Å². The summed E-state index contributed by atoms with van der Waals surface area (Å²) in [6.07, 6.45) is 3.10. The van der Waals surface area contributed by atoms with E-state index in [0.29, 0.717) is 6.42 Å². The molecule has 0 aromatic carbocycles. The zero-order valence-corrected chi connectivity index (χ0v) is 11.0. The number of likely N-dealkylation sites (N-methyl/N-ethyl adjacent to an activating group) is 1. The first-order valence-electron chi connectivity index (χ1n) is 6.22. The fourth-order valence-corrected chi connectivity index (χ4v) is 2.19. The van der Waals surface area contributed by atoms with Crippen molar-refractivity contribution in [3.05, 3.63) is 0 Å². The smallest absolute Gasteiger partial charge is 0.242 e. The fourth-order valence-electron chi connectivity index (χ4n) is 2.19. The first kappa shape index (κ1) is 14.0. The molecule has 1 fully saturated rings. The van der Waals surface area contributed by atoms with E-state index in [9.17, 15) is 9.59 Å². The van der Waals surface area contributed by atoms with Crippen molar-refractivity contribution in [2.45, 2.75) is 31.7 Å². The molecule has 0 saturated carbocycles. The second kappa shape index (κ2) is 6.59. The summed E-state index contributed by atoms with van der Waals surface area (Å²) in [5, 5.41) is 2.63. The van der Waals surface area contributed by atoms with Crippen molar-refractivity contribution in [3.63, 3.8) is 0 Å². The van der Waals surface area contributed by atoms with Crippen LogP contribution in [0.4, 0.5) is 0 Å². The van der Waals surface area contributed by atoms with E-state index in [1.165, 1.54) is 0 Å². The van der Waals surface area contributed by atoms with Crippen molar-refractivity contribution in [1.82, 2.24) is 15.1 Å². The van der Waals surface area contributed by atoms with Crippen LogP contribution in [0.25, 0.3) is 0 Å². The summed E-state index contributed by atoms with van der Waals surface area (Å²) in [5.74, 6) is 0.0707. The highest BCUT2D eigenvalue weighted by Crippen LogP contribution is 2.18. The lowest BCUT2D eigenvalue weighted by Gasteiger charge is -2.23. The Labute approximate surface area is 103 Å². The second-order valence-electron chi connectivity index (χ2n) is 4.77. The van der Waals surface area contributed by atoms with Gasteiger partial charge in [0, 0.05) is 20.0 Å². The van der Waals surface area contributed by atoms with E-state index in [1.54, 1.807) is 11.9 Å². The molecule has 1 N–H and O–H groups in total. The van der Waals surface area contributed by atoms with Crippen LogP contribution in [0, 0.1) is 0 Å². The summed E-state index contributed by atoms with van der Waals surface area (Å²) in [6.45, 7) is 1.63. The molecule has 0 aliphatic carbocycles. The number of hydrogen-bond donors (Lipinski definition) is 1. The summed E-state index contributed by atoms with van der Waals surface area (Å²) >= 11 is 0. The van der Waals surface area contributed by atoms with E-state index >= 15 is 0 Å². The van der Waals surface area contributed by atoms with Crippen LogP contribution >= 0.6 is 0 Å². The Hall–Kier alpha value is -1.10. The first-order chi connectivity index (χ1) is 8.06. The van der Waals surface area contributed by atoms with Gasteiger partial charge in [0.2, 0.25) is 11.8 Å². The van der Waals surface area contributed by atoms with Gasteiger partial charge in [0.15, 0.2) is 0 Å². The molecule has 0 aromatic heterocycles. The average molecular weight is 241 g/mol. The number of carbonyl (C=O) groups is 2. The third-order valence-electron chi connectivity index (χ3n) is 3.12. The van der Waals surface area contributed by atoms with Crippen LogP contribution in [0.3, 0.4) is 0 Å². The second-order valence-corrected chi connectivity index (χ2v) is 4.77. The van der Waals surface area contributed by atoms with Crippen LogP contribution in [0.1, 0.15) is 25.7 Å². The van der Waals surface area contributed by atoms with Crippen molar-refractivity contribution < 1.29 is 9.59 Å². The highest BCUT2D eigenvalue weighted by Gasteiger charge is 2.32. The standard InChI is InChI=1S/C12H23N3O2/c1-13-12(17)10-6-4-9-15(10)11(16)7-5-8-14(2)3/h10H,4-9H2,1-3H3,(H,13,17). The van der Waals surface area contributed by atoms with Crippen LogP contribution in [0.5, 0.6) is 0 Å². The molecule has 98 valence electrons. The SMILES string of the molecule is CNC(=O)C1CCCN1C(=O)CCCN(C)C. The zero-order chi connectivity index (χ0) is 12.8. The maximum absolute atomic E-state index is 12.0. The van der Waals surface area contributed by atoms with Crippen molar-refractivity contribution in [1.29, 1.82) is 0 Å². The number of likely N-dealkylation sites (tertiary alicyclic amines) is 1. The lowest BCUT2D eigenvalue weighted by Crippen LogP contribution is -2.44. The highest BCUT2D eigenvalue weighted by molar-refractivity contribution is 5.88. The number of carbonyl (C=O) groups excluding carboxylic acids is 2. The van der Waals surface area contributed by atoms with E-state index in [0.717, 1.165) is 32.4 Å². The van der Waals surface area contributed by atoms with Gasteiger partial charge >= 0.3 is 0 Å². The summed E-state index contributed by atoms with van der Waals surface area (Å²) in [4.78, 5) is 27.4. The molecule has 2 amide bonds. The van der Waals surface area contributed by atoms with Gasteiger partial charge in [-0.25, -0.2) is 0 Å². The Bertz CT molecular complexity index is 279. The number of amides is 2. The van der Waals surface area contributed by atoms with Crippen molar-refractivity contribution >= 4 is 11.8 Å². The van der Waals surface area contributed by atoms with Gasteiger partial charge in [-0.2, -0.15) is 0 Å². The maximum Gasteiger partial charge on any atom is 0.242 e. The van der Waals surface area contributed by atoms with E-state index in [2.05, 4.69) is 10.2 Å². The summed E-state index contributed by atoms with van der Waals surface area (Å²) in [7, 11) is 5.61. The molecule has 1 unspecified atom stereocenters. The molecular weight excluding hydrogens is 218 g/mol. The molecule has 1 aliphatic heterocycles. The Morgan fingerprint density at radius 2 is 2.12 bits per heavy atom. The molecule has 1 saturated heterocycles. The molecule has 0 aromatic rings. The topological polar surface area (TPSA) is 52.7 Å². The molecule has 5 heteroatoms. The van der Waals surface area contributed by atoms with E-state index < -0.39 is 0 Å². The van der Waals surface area contributed by atoms with E-state index in [-0.39, 0.29) is 17.9 Å². The zero-order valence-electron chi connectivity index (χ0n) is 11.0. The molecule has 1 rings (SSSR count). The van der Waals surface area contributed by atoms with Crippen LogP contribution < -0.4 is 5.32 Å². The van der Waals surface area contributed by atoms with Gasteiger partial charge in [0.1, 0.15) is 6.04 Å². The lowest BCUT2D eigenvalue weighted by molar-refractivity contribution is -0.138. The van der Waals surface area contributed by atoms with Crippen LogP contribution in [-0.2, 0) is 9.59 Å². The Morgan fingerprint density at radius 3 is 2.71 bits per heavy atom. The normalized spacial score (nSPS) is 19.8. The number of nitrogens with zero attached hydrogens (tertiary/aromatic N) is 2. The predicted octanol–water partition coefficient (Wildman–Crippen LogP) is 0.0652. The molecule has 17 heavy (non-hydrogen) atoms. The van der Waals surface area contributed by atoms with Crippen molar-refractivity contribution in [2.24, 2.45) is 0 Å². The van der Waals surface area contributed by atoms with Gasteiger partial charge in [-0.3, -0.25) is 9.59 Å². The molecule has 5 nitrogen and oxygen atoms in total. The first-order valence-corrected chi connectivity index (χ1v) is 6.22. The van der Waals surface area contributed by atoms with Crippen LogP contribution in [0.15, 0.2) is 0 Å². The van der Waals surface area contributed by atoms with Crippen molar-refractivity contribution in [2.75, 3.05) is 34.2 Å². The van der Waals surface area contributed by atoms with Crippen LogP contribution in [0.2, 0.25) is 0 Å². The summed E-state index contributed by atoms with van der Waals surface area (Å²) in [5.41, 5.74) is 0. The largest absolute Gasteiger partial charge is 0.357 e. The number of hydrogen-bond acceptors (Lipinski definition) is 3. The summed E-state index contributed by atoms with van der Waals surface area (Å²) < 4.78 is 0. The van der Waals surface area contributed by atoms with E-state index in [4.69, 9.17) is 0 Å². The Morgan fingerprint density at radius 1 is 1.41 bits per heavy atom. The molecule has 0 radical (unpaired) electrons. The third-order valence-corrected chi connectivity index (χ3v) is 3.12. The van der Waals surface area contributed by atoms with Gasteiger partial charge in [-0.05, 0) is 39.9 Å². The monoisotopic (exact) mass is 241 g/mol. The minimum absolute atomic E-state index is 0.0385. The van der Waals surface area contributed by atoms with Crippen LogP contribution in [-0.4, -0.2) is 61.9 Å². The lowest BCUT2D eigenvalue weighted by atomic mass is 10.2. The predicted molar refractivity (Wildman–Crippen MR) is 66.6 cm³/mol.